The van der Waals surface area contributed by atoms with Crippen LogP contribution >= 0.6 is 0 Å². The first kappa shape index (κ1) is 13.1. The third kappa shape index (κ3) is 3.33. The zero-order chi connectivity index (χ0) is 13.0. The van der Waals surface area contributed by atoms with Crippen LogP contribution in [0.25, 0.3) is 0 Å². The first-order valence-corrected chi connectivity index (χ1v) is 6.66. The Bertz CT molecular complexity index is 383. The van der Waals surface area contributed by atoms with Crippen LogP contribution in [0.2, 0.25) is 0 Å². The molecule has 1 aliphatic heterocycles. The van der Waals surface area contributed by atoms with Crippen molar-refractivity contribution in [3.8, 4) is 0 Å². The maximum atomic E-state index is 11.3. The van der Waals surface area contributed by atoms with Crippen LogP contribution in [0, 0.1) is 0 Å². The van der Waals surface area contributed by atoms with Crippen molar-refractivity contribution < 1.29 is 4.79 Å². The van der Waals surface area contributed by atoms with Crippen LogP contribution in [0.4, 0.5) is 0 Å². The van der Waals surface area contributed by atoms with Crippen molar-refractivity contribution in [2.45, 2.75) is 32.4 Å². The third-order valence-corrected chi connectivity index (χ3v) is 3.85. The standard InChI is InChI=1S/C15H22N2O/c1-13(18)16(2)15-8-10-17(11-9-15)12-14-6-4-3-5-7-14/h3-7,15H,8-12H2,1-2H3. The summed E-state index contributed by atoms with van der Waals surface area (Å²) < 4.78 is 0. The third-order valence-electron chi connectivity index (χ3n) is 3.85. The van der Waals surface area contributed by atoms with Gasteiger partial charge in [-0.3, -0.25) is 9.69 Å². The van der Waals surface area contributed by atoms with Gasteiger partial charge >= 0.3 is 0 Å². The van der Waals surface area contributed by atoms with E-state index in [1.54, 1.807) is 6.92 Å². The van der Waals surface area contributed by atoms with Gasteiger partial charge in [-0.05, 0) is 18.4 Å². The molecule has 0 N–H and O–H groups in total. The highest BCUT2D eigenvalue weighted by Crippen LogP contribution is 2.17. The van der Waals surface area contributed by atoms with Crippen LogP contribution in [-0.4, -0.2) is 41.9 Å². The summed E-state index contributed by atoms with van der Waals surface area (Å²) >= 11 is 0. The number of hydrogen-bond acceptors (Lipinski definition) is 2. The van der Waals surface area contributed by atoms with Gasteiger partial charge in [0.2, 0.25) is 5.91 Å². The highest BCUT2D eigenvalue weighted by molar-refractivity contribution is 5.73. The minimum absolute atomic E-state index is 0.177. The Hall–Kier alpha value is -1.35. The average molecular weight is 246 g/mol. The number of hydrogen-bond donors (Lipinski definition) is 0. The highest BCUT2D eigenvalue weighted by Gasteiger charge is 2.23. The molecule has 2 rings (SSSR count). The van der Waals surface area contributed by atoms with Gasteiger partial charge in [0.15, 0.2) is 0 Å². The Morgan fingerprint density at radius 2 is 1.89 bits per heavy atom. The number of piperidine rings is 1. The Morgan fingerprint density at radius 1 is 1.28 bits per heavy atom. The minimum Gasteiger partial charge on any atom is -0.343 e. The van der Waals surface area contributed by atoms with Gasteiger partial charge in [-0.2, -0.15) is 0 Å². The molecule has 0 aliphatic carbocycles. The molecular weight excluding hydrogens is 224 g/mol. The second kappa shape index (κ2) is 6.01. The van der Waals surface area contributed by atoms with Crippen molar-refractivity contribution in [2.75, 3.05) is 20.1 Å². The minimum atomic E-state index is 0.177. The number of nitrogens with zero attached hydrogens (tertiary/aromatic N) is 2. The number of benzene rings is 1. The first-order chi connectivity index (χ1) is 8.66. The van der Waals surface area contributed by atoms with E-state index in [1.807, 2.05) is 11.9 Å². The molecule has 1 fully saturated rings. The normalized spacial score (nSPS) is 17.7. The van der Waals surface area contributed by atoms with Gasteiger partial charge in [-0.1, -0.05) is 30.3 Å². The quantitative estimate of drug-likeness (QED) is 0.815. The predicted molar refractivity (Wildman–Crippen MR) is 73.2 cm³/mol. The molecule has 0 aromatic heterocycles. The molecule has 1 aromatic rings. The summed E-state index contributed by atoms with van der Waals surface area (Å²) in [5.41, 5.74) is 1.37. The second-order valence-corrected chi connectivity index (χ2v) is 5.12. The smallest absolute Gasteiger partial charge is 0.219 e. The van der Waals surface area contributed by atoms with Crippen LogP contribution < -0.4 is 0 Å². The van der Waals surface area contributed by atoms with Crippen LogP contribution in [-0.2, 0) is 11.3 Å². The molecule has 1 aliphatic rings. The Kier molecular flexibility index (Phi) is 4.37. The van der Waals surface area contributed by atoms with E-state index >= 15 is 0 Å². The van der Waals surface area contributed by atoms with E-state index in [0.29, 0.717) is 6.04 Å². The molecule has 1 amide bonds. The molecule has 0 saturated carbocycles. The summed E-state index contributed by atoms with van der Waals surface area (Å²) in [6.45, 7) is 4.84. The Balaban J connectivity index is 1.82. The molecule has 18 heavy (non-hydrogen) atoms. The van der Waals surface area contributed by atoms with Crippen LogP contribution in [0.1, 0.15) is 25.3 Å². The zero-order valence-electron chi connectivity index (χ0n) is 11.3. The zero-order valence-corrected chi connectivity index (χ0v) is 11.3. The van der Waals surface area contributed by atoms with Crippen molar-refractivity contribution in [3.05, 3.63) is 35.9 Å². The van der Waals surface area contributed by atoms with Gasteiger partial charge in [-0.25, -0.2) is 0 Å². The summed E-state index contributed by atoms with van der Waals surface area (Å²) in [6, 6.07) is 11.0. The van der Waals surface area contributed by atoms with Crippen LogP contribution in [0.3, 0.4) is 0 Å². The van der Waals surface area contributed by atoms with Crippen molar-refractivity contribution in [3.63, 3.8) is 0 Å². The topological polar surface area (TPSA) is 23.6 Å². The monoisotopic (exact) mass is 246 g/mol. The van der Waals surface area contributed by atoms with Crippen molar-refractivity contribution in [1.29, 1.82) is 0 Å². The predicted octanol–water partition coefficient (Wildman–Crippen LogP) is 2.13. The fourth-order valence-corrected chi connectivity index (χ4v) is 2.56. The van der Waals surface area contributed by atoms with Gasteiger partial charge in [0.1, 0.15) is 0 Å². The molecule has 3 heteroatoms. The Labute approximate surface area is 109 Å². The fraction of sp³-hybridized carbons (Fsp3) is 0.533. The molecule has 1 saturated heterocycles. The van der Waals surface area contributed by atoms with Crippen molar-refractivity contribution >= 4 is 5.91 Å². The summed E-state index contributed by atoms with van der Waals surface area (Å²) in [6.07, 6.45) is 2.17. The lowest BCUT2D eigenvalue weighted by molar-refractivity contribution is -0.130. The highest BCUT2D eigenvalue weighted by atomic mass is 16.2. The SMILES string of the molecule is CC(=O)N(C)C1CCN(Cc2ccccc2)CC1. The number of amides is 1. The first-order valence-electron chi connectivity index (χ1n) is 6.66. The molecule has 98 valence electrons. The van der Waals surface area contributed by atoms with Crippen molar-refractivity contribution in [2.24, 2.45) is 0 Å². The van der Waals surface area contributed by atoms with E-state index in [0.717, 1.165) is 32.5 Å². The van der Waals surface area contributed by atoms with Crippen LogP contribution in [0.15, 0.2) is 30.3 Å². The van der Waals surface area contributed by atoms with Gasteiger partial charge in [0, 0.05) is 39.6 Å². The molecule has 0 unspecified atom stereocenters. The van der Waals surface area contributed by atoms with E-state index in [1.165, 1.54) is 5.56 Å². The number of carbonyl (C=O) groups is 1. The van der Waals surface area contributed by atoms with Gasteiger partial charge in [0.05, 0.1) is 0 Å². The second-order valence-electron chi connectivity index (χ2n) is 5.12. The number of rotatable bonds is 3. The van der Waals surface area contributed by atoms with E-state index in [-0.39, 0.29) is 5.91 Å². The van der Waals surface area contributed by atoms with Crippen molar-refractivity contribution in [1.82, 2.24) is 9.80 Å². The van der Waals surface area contributed by atoms with E-state index in [2.05, 4.69) is 35.2 Å². The molecule has 3 nitrogen and oxygen atoms in total. The summed E-state index contributed by atoms with van der Waals surface area (Å²) in [4.78, 5) is 15.7. The molecule has 1 aromatic carbocycles. The lowest BCUT2D eigenvalue weighted by Crippen LogP contribution is -2.44. The number of carbonyl (C=O) groups excluding carboxylic acids is 1. The molecule has 0 radical (unpaired) electrons. The van der Waals surface area contributed by atoms with Gasteiger partial charge in [-0.15, -0.1) is 0 Å². The van der Waals surface area contributed by atoms with Crippen LogP contribution in [0.5, 0.6) is 0 Å². The van der Waals surface area contributed by atoms with E-state index < -0.39 is 0 Å². The molecular formula is C15H22N2O. The maximum absolute atomic E-state index is 11.3. The summed E-state index contributed by atoms with van der Waals surface area (Å²) in [7, 11) is 1.92. The molecule has 0 bridgehead atoms. The number of likely N-dealkylation sites (tertiary alicyclic amines) is 1. The molecule has 0 atom stereocenters. The lowest BCUT2D eigenvalue weighted by atomic mass is 10.0. The fourth-order valence-electron chi connectivity index (χ4n) is 2.56. The maximum Gasteiger partial charge on any atom is 0.219 e. The van der Waals surface area contributed by atoms with E-state index in [9.17, 15) is 4.79 Å². The van der Waals surface area contributed by atoms with E-state index in [4.69, 9.17) is 0 Å². The average Bonchev–Trinajstić information content (AvgIpc) is 2.40. The molecule has 0 spiro atoms. The summed E-state index contributed by atoms with van der Waals surface area (Å²) in [5, 5.41) is 0. The van der Waals surface area contributed by atoms with Gasteiger partial charge in [0.25, 0.3) is 0 Å². The summed E-state index contributed by atoms with van der Waals surface area (Å²) in [5.74, 6) is 0.177. The molecule has 1 heterocycles. The lowest BCUT2D eigenvalue weighted by Gasteiger charge is -2.36. The largest absolute Gasteiger partial charge is 0.343 e. The van der Waals surface area contributed by atoms with Gasteiger partial charge < -0.3 is 4.90 Å². The Morgan fingerprint density at radius 3 is 2.44 bits per heavy atom.